The van der Waals surface area contributed by atoms with Crippen LogP contribution in [0.25, 0.3) is 0 Å². The van der Waals surface area contributed by atoms with Gasteiger partial charge in [-0.05, 0) is 37.1 Å². The molecule has 1 aromatic rings. The number of benzene rings is 1. The van der Waals surface area contributed by atoms with Gasteiger partial charge in [0.25, 0.3) is 5.91 Å². The summed E-state index contributed by atoms with van der Waals surface area (Å²) in [6.45, 7) is 4.24. The number of rotatable bonds is 5. The van der Waals surface area contributed by atoms with Crippen molar-refractivity contribution in [1.29, 1.82) is 0 Å². The van der Waals surface area contributed by atoms with Crippen LogP contribution in [0.1, 0.15) is 18.9 Å². The lowest BCUT2D eigenvalue weighted by Crippen LogP contribution is -2.29. The molecule has 0 unspecified atom stereocenters. The van der Waals surface area contributed by atoms with Crippen molar-refractivity contribution < 1.29 is 13.9 Å². The molecule has 1 rings (SSSR count). The van der Waals surface area contributed by atoms with Crippen LogP contribution in [0.3, 0.4) is 0 Å². The Hall–Kier alpha value is -1.58. The summed E-state index contributed by atoms with van der Waals surface area (Å²) < 4.78 is 18.2. The third kappa shape index (κ3) is 3.88. The maximum Gasteiger partial charge on any atom is 0.257 e. The number of carbonyl (C=O) groups is 1. The summed E-state index contributed by atoms with van der Waals surface area (Å²) in [5.74, 6) is 0.0668. The first-order chi connectivity index (χ1) is 7.63. The van der Waals surface area contributed by atoms with Gasteiger partial charge in [0.1, 0.15) is 11.6 Å². The molecule has 0 aliphatic heterocycles. The van der Waals surface area contributed by atoms with Crippen molar-refractivity contribution in [3.05, 3.63) is 29.6 Å². The highest BCUT2D eigenvalue weighted by atomic mass is 19.1. The number of carbonyl (C=O) groups excluding carboxylic acids is 1. The van der Waals surface area contributed by atoms with Crippen molar-refractivity contribution in [2.75, 3.05) is 13.2 Å². The van der Waals surface area contributed by atoms with Crippen LogP contribution in [0.15, 0.2) is 18.2 Å². The number of hydrogen-bond donors (Lipinski definition) is 1. The highest BCUT2D eigenvalue weighted by Crippen LogP contribution is 2.15. The highest BCUT2D eigenvalue weighted by Gasteiger charge is 2.03. The Morgan fingerprint density at radius 3 is 2.88 bits per heavy atom. The second kappa shape index (κ2) is 6.10. The van der Waals surface area contributed by atoms with Crippen LogP contribution in [0.2, 0.25) is 0 Å². The van der Waals surface area contributed by atoms with E-state index < -0.39 is 0 Å². The van der Waals surface area contributed by atoms with Gasteiger partial charge in [0.15, 0.2) is 6.61 Å². The van der Waals surface area contributed by atoms with Gasteiger partial charge < -0.3 is 10.1 Å². The Labute approximate surface area is 94.6 Å². The first kappa shape index (κ1) is 12.5. The number of ether oxygens (including phenoxy) is 1. The van der Waals surface area contributed by atoms with Crippen molar-refractivity contribution in [2.45, 2.75) is 20.3 Å². The fraction of sp³-hybridized carbons (Fsp3) is 0.417. The summed E-state index contributed by atoms with van der Waals surface area (Å²) in [6, 6.07) is 4.41. The normalized spacial score (nSPS) is 9.94. The molecule has 0 atom stereocenters. The van der Waals surface area contributed by atoms with Gasteiger partial charge in [0.05, 0.1) is 0 Å². The summed E-state index contributed by atoms with van der Waals surface area (Å²) in [5.41, 5.74) is 0.506. The van der Waals surface area contributed by atoms with Crippen molar-refractivity contribution in [1.82, 2.24) is 5.32 Å². The molecule has 16 heavy (non-hydrogen) atoms. The van der Waals surface area contributed by atoms with Gasteiger partial charge in [0.2, 0.25) is 0 Å². The van der Waals surface area contributed by atoms with Gasteiger partial charge in [-0.3, -0.25) is 4.79 Å². The molecule has 0 aliphatic rings. The van der Waals surface area contributed by atoms with E-state index in [9.17, 15) is 9.18 Å². The minimum absolute atomic E-state index is 0.0366. The maximum absolute atomic E-state index is 12.9. The molecule has 0 bridgehead atoms. The molecule has 4 heteroatoms. The molecule has 0 fully saturated rings. The fourth-order valence-electron chi connectivity index (χ4n) is 1.17. The van der Waals surface area contributed by atoms with E-state index in [0.29, 0.717) is 17.9 Å². The van der Waals surface area contributed by atoms with Crippen LogP contribution >= 0.6 is 0 Å². The average molecular weight is 225 g/mol. The Balaban J connectivity index is 2.42. The zero-order chi connectivity index (χ0) is 12.0. The zero-order valence-electron chi connectivity index (χ0n) is 9.55. The van der Waals surface area contributed by atoms with E-state index >= 15 is 0 Å². The van der Waals surface area contributed by atoms with Crippen LogP contribution in [0.5, 0.6) is 5.75 Å². The quantitative estimate of drug-likeness (QED) is 0.832. The molecule has 0 aliphatic carbocycles. The molecule has 1 aromatic carbocycles. The molecule has 3 nitrogen and oxygen atoms in total. The lowest BCUT2D eigenvalue weighted by Gasteiger charge is -2.07. The largest absolute Gasteiger partial charge is 0.484 e. The Morgan fingerprint density at radius 1 is 1.50 bits per heavy atom. The van der Waals surface area contributed by atoms with E-state index in [0.717, 1.165) is 6.42 Å². The van der Waals surface area contributed by atoms with Crippen LogP contribution in [0, 0.1) is 12.7 Å². The standard InChI is InChI=1S/C12H16FNO2/c1-3-6-14-12(15)8-16-10-4-5-11(13)9(2)7-10/h4-5,7H,3,6,8H2,1-2H3,(H,14,15). The van der Waals surface area contributed by atoms with Crippen molar-refractivity contribution >= 4 is 5.91 Å². The summed E-state index contributed by atoms with van der Waals surface area (Å²) in [7, 11) is 0. The first-order valence-electron chi connectivity index (χ1n) is 5.29. The molecule has 0 saturated heterocycles. The lowest BCUT2D eigenvalue weighted by molar-refractivity contribution is -0.123. The summed E-state index contributed by atoms with van der Waals surface area (Å²) in [4.78, 5) is 11.2. The van der Waals surface area contributed by atoms with Gasteiger partial charge in [-0.25, -0.2) is 4.39 Å². The van der Waals surface area contributed by atoms with E-state index in [1.54, 1.807) is 13.0 Å². The van der Waals surface area contributed by atoms with Crippen LogP contribution in [-0.4, -0.2) is 19.1 Å². The SMILES string of the molecule is CCCNC(=O)COc1ccc(F)c(C)c1. The molecule has 1 N–H and O–H groups in total. The monoisotopic (exact) mass is 225 g/mol. The Morgan fingerprint density at radius 2 is 2.25 bits per heavy atom. The van der Waals surface area contributed by atoms with Gasteiger partial charge in [-0.2, -0.15) is 0 Å². The van der Waals surface area contributed by atoms with Crippen LogP contribution in [-0.2, 0) is 4.79 Å². The maximum atomic E-state index is 12.9. The lowest BCUT2D eigenvalue weighted by atomic mass is 10.2. The molecule has 0 spiro atoms. The number of halogens is 1. The van der Waals surface area contributed by atoms with E-state index in [2.05, 4.69) is 5.32 Å². The predicted octanol–water partition coefficient (Wildman–Crippen LogP) is 2.04. The van der Waals surface area contributed by atoms with Crippen molar-refractivity contribution in [3.8, 4) is 5.75 Å². The van der Waals surface area contributed by atoms with Crippen LogP contribution in [0.4, 0.5) is 4.39 Å². The second-order valence-electron chi connectivity index (χ2n) is 3.55. The minimum Gasteiger partial charge on any atom is -0.484 e. The summed E-state index contributed by atoms with van der Waals surface area (Å²) in [6.07, 6.45) is 0.890. The van der Waals surface area contributed by atoms with Crippen LogP contribution < -0.4 is 10.1 Å². The van der Waals surface area contributed by atoms with Gasteiger partial charge >= 0.3 is 0 Å². The van der Waals surface area contributed by atoms with Crippen molar-refractivity contribution in [2.24, 2.45) is 0 Å². The Kier molecular flexibility index (Phi) is 4.76. The number of nitrogens with one attached hydrogen (secondary N) is 1. The van der Waals surface area contributed by atoms with Crippen molar-refractivity contribution in [3.63, 3.8) is 0 Å². The van der Waals surface area contributed by atoms with Gasteiger partial charge in [0, 0.05) is 6.54 Å². The molecule has 0 radical (unpaired) electrons. The van der Waals surface area contributed by atoms with Gasteiger partial charge in [-0.1, -0.05) is 6.92 Å². The molecule has 0 aromatic heterocycles. The molecule has 88 valence electrons. The first-order valence-corrected chi connectivity index (χ1v) is 5.29. The fourth-order valence-corrected chi connectivity index (χ4v) is 1.17. The second-order valence-corrected chi connectivity index (χ2v) is 3.55. The molecule has 0 saturated carbocycles. The summed E-state index contributed by atoms with van der Waals surface area (Å²) in [5, 5.41) is 2.69. The van der Waals surface area contributed by atoms with E-state index in [-0.39, 0.29) is 18.3 Å². The molecule has 1 amide bonds. The third-order valence-electron chi connectivity index (χ3n) is 2.07. The van der Waals surface area contributed by atoms with E-state index in [4.69, 9.17) is 4.74 Å². The Bertz CT molecular complexity index is 366. The molecular formula is C12H16FNO2. The van der Waals surface area contributed by atoms with Gasteiger partial charge in [-0.15, -0.1) is 0 Å². The van der Waals surface area contributed by atoms with E-state index in [1.165, 1.54) is 12.1 Å². The third-order valence-corrected chi connectivity index (χ3v) is 2.07. The average Bonchev–Trinajstić information content (AvgIpc) is 2.28. The molecular weight excluding hydrogens is 209 g/mol. The predicted molar refractivity (Wildman–Crippen MR) is 59.9 cm³/mol. The van der Waals surface area contributed by atoms with E-state index in [1.807, 2.05) is 6.92 Å². The number of hydrogen-bond acceptors (Lipinski definition) is 2. The smallest absolute Gasteiger partial charge is 0.257 e. The number of aryl methyl sites for hydroxylation is 1. The highest BCUT2D eigenvalue weighted by molar-refractivity contribution is 5.77. The topological polar surface area (TPSA) is 38.3 Å². The number of amides is 1. The molecule has 0 heterocycles. The minimum atomic E-state index is -0.275. The summed E-state index contributed by atoms with van der Waals surface area (Å²) >= 11 is 0. The zero-order valence-corrected chi connectivity index (χ0v) is 9.55.